The van der Waals surface area contributed by atoms with Gasteiger partial charge in [-0.2, -0.15) is 0 Å². The van der Waals surface area contributed by atoms with Gasteiger partial charge in [-0.25, -0.2) is 4.79 Å². The number of nitrogens with zero attached hydrogens (tertiary/aromatic N) is 1. The van der Waals surface area contributed by atoms with Gasteiger partial charge in [0.25, 0.3) is 0 Å². The second kappa shape index (κ2) is 7.17. The molecular formula is C15H23NO2. The van der Waals surface area contributed by atoms with E-state index in [9.17, 15) is 4.79 Å². The highest BCUT2D eigenvalue weighted by molar-refractivity contribution is 5.87. The first kappa shape index (κ1) is 14.7. The number of aromatic carboxylic acids is 1. The number of hydrogen-bond donors (Lipinski definition) is 1. The summed E-state index contributed by atoms with van der Waals surface area (Å²) in [6.07, 6.45) is 2.42. The molecule has 0 spiro atoms. The zero-order chi connectivity index (χ0) is 13.5. The first-order valence-corrected chi connectivity index (χ1v) is 6.50. The molecule has 100 valence electrons. The maximum atomic E-state index is 10.9. The van der Waals surface area contributed by atoms with Crippen molar-refractivity contribution in [2.45, 2.75) is 33.2 Å². The molecule has 0 aliphatic heterocycles. The largest absolute Gasteiger partial charge is 0.478 e. The van der Waals surface area contributed by atoms with E-state index in [2.05, 4.69) is 25.8 Å². The Hall–Kier alpha value is -1.35. The van der Waals surface area contributed by atoms with Crippen molar-refractivity contribution in [1.82, 2.24) is 4.90 Å². The van der Waals surface area contributed by atoms with Crippen molar-refractivity contribution in [3.8, 4) is 0 Å². The quantitative estimate of drug-likeness (QED) is 0.806. The SMILES string of the molecule is CC(C)CCCN(C)Cc1cccc(C(=O)O)c1. The van der Waals surface area contributed by atoms with Gasteiger partial charge in [0.05, 0.1) is 5.56 Å². The van der Waals surface area contributed by atoms with Gasteiger partial charge >= 0.3 is 5.97 Å². The summed E-state index contributed by atoms with van der Waals surface area (Å²) in [7, 11) is 2.08. The van der Waals surface area contributed by atoms with E-state index in [1.165, 1.54) is 12.8 Å². The Morgan fingerprint density at radius 3 is 2.72 bits per heavy atom. The minimum atomic E-state index is -0.862. The lowest BCUT2D eigenvalue weighted by molar-refractivity contribution is 0.0696. The Morgan fingerprint density at radius 2 is 2.11 bits per heavy atom. The fourth-order valence-electron chi connectivity index (χ4n) is 1.96. The van der Waals surface area contributed by atoms with E-state index in [0.29, 0.717) is 5.56 Å². The number of hydrogen-bond acceptors (Lipinski definition) is 2. The maximum Gasteiger partial charge on any atom is 0.335 e. The molecule has 0 bridgehead atoms. The van der Waals surface area contributed by atoms with Crippen LogP contribution in [-0.4, -0.2) is 29.6 Å². The Morgan fingerprint density at radius 1 is 1.39 bits per heavy atom. The average Bonchev–Trinajstić information content (AvgIpc) is 2.28. The molecule has 1 N–H and O–H groups in total. The van der Waals surface area contributed by atoms with Crippen molar-refractivity contribution in [2.75, 3.05) is 13.6 Å². The van der Waals surface area contributed by atoms with Crippen LogP contribution in [0.5, 0.6) is 0 Å². The standard InChI is InChI=1S/C15H23NO2/c1-12(2)6-5-9-16(3)11-13-7-4-8-14(10-13)15(17)18/h4,7-8,10,12H,5-6,9,11H2,1-3H3,(H,17,18). The third-order valence-corrected chi connectivity index (χ3v) is 2.95. The molecule has 0 saturated carbocycles. The number of carbonyl (C=O) groups is 1. The Labute approximate surface area is 109 Å². The van der Waals surface area contributed by atoms with E-state index in [1.807, 2.05) is 6.07 Å². The van der Waals surface area contributed by atoms with Crippen LogP contribution in [0.1, 0.15) is 42.6 Å². The fraction of sp³-hybridized carbons (Fsp3) is 0.533. The van der Waals surface area contributed by atoms with E-state index in [-0.39, 0.29) is 0 Å². The van der Waals surface area contributed by atoms with Crippen LogP contribution in [0, 0.1) is 5.92 Å². The van der Waals surface area contributed by atoms with E-state index in [0.717, 1.165) is 24.6 Å². The van der Waals surface area contributed by atoms with Gasteiger partial charge in [-0.1, -0.05) is 26.0 Å². The smallest absolute Gasteiger partial charge is 0.335 e. The normalized spacial score (nSPS) is 11.2. The predicted octanol–water partition coefficient (Wildman–Crippen LogP) is 3.25. The molecule has 0 aliphatic carbocycles. The molecule has 0 fully saturated rings. The molecule has 0 saturated heterocycles. The fourth-order valence-corrected chi connectivity index (χ4v) is 1.96. The first-order valence-electron chi connectivity index (χ1n) is 6.50. The van der Waals surface area contributed by atoms with Crippen molar-refractivity contribution >= 4 is 5.97 Å². The zero-order valence-corrected chi connectivity index (χ0v) is 11.5. The van der Waals surface area contributed by atoms with Crippen LogP contribution in [0.15, 0.2) is 24.3 Å². The second-order valence-electron chi connectivity index (χ2n) is 5.28. The van der Waals surface area contributed by atoms with Gasteiger partial charge in [-0.15, -0.1) is 0 Å². The van der Waals surface area contributed by atoms with Crippen LogP contribution < -0.4 is 0 Å². The van der Waals surface area contributed by atoms with Crippen LogP contribution in [0.3, 0.4) is 0 Å². The Kier molecular flexibility index (Phi) is 5.86. The number of benzene rings is 1. The highest BCUT2D eigenvalue weighted by atomic mass is 16.4. The molecule has 0 heterocycles. The molecule has 3 heteroatoms. The monoisotopic (exact) mass is 249 g/mol. The molecule has 1 aromatic carbocycles. The molecule has 0 atom stereocenters. The van der Waals surface area contributed by atoms with Crippen molar-refractivity contribution in [3.63, 3.8) is 0 Å². The highest BCUT2D eigenvalue weighted by Gasteiger charge is 2.05. The maximum absolute atomic E-state index is 10.9. The summed E-state index contributed by atoms with van der Waals surface area (Å²) in [4.78, 5) is 13.1. The highest BCUT2D eigenvalue weighted by Crippen LogP contribution is 2.09. The van der Waals surface area contributed by atoms with Gasteiger partial charge in [0, 0.05) is 6.54 Å². The second-order valence-corrected chi connectivity index (χ2v) is 5.28. The van der Waals surface area contributed by atoms with Crippen molar-refractivity contribution in [1.29, 1.82) is 0 Å². The van der Waals surface area contributed by atoms with E-state index >= 15 is 0 Å². The van der Waals surface area contributed by atoms with Crippen LogP contribution in [0.2, 0.25) is 0 Å². The summed E-state index contributed by atoms with van der Waals surface area (Å²) < 4.78 is 0. The van der Waals surface area contributed by atoms with Gasteiger partial charge in [-0.05, 0) is 50.0 Å². The summed E-state index contributed by atoms with van der Waals surface area (Å²) in [5.41, 5.74) is 1.42. The molecule has 0 unspecified atom stereocenters. The van der Waals surface area contributed by atoms with Crippen LogP contribution in [-0.2, 0) is 6.54 Å². The molecule has 3 nitrogen and oxygen atoms in total. The first-order chi connectivity index (χ1) is 8.49. The van der Waals surface area contributed by atoms with Crippen molar-refractivity contribution < 1.29 is 9.90 Å². The Balaban J connectivity index is 2.46. The van der Waals surface area contributed by atoms with Gasteiger partial charge in [-0.3, -0.25) is 0 Å². The van der Waals surface area contributed by atoms with Gasteiger partial charge < -0.3 is 10.0 Å². The number of carboxylic acid groups (broad SMARTS) is 1. The molecule has 0 amide bonds. The summed E-state index contributed by atoms with van der Waals surface area (Å²) in [6.45, 7) is 6.32. The molecule has 1 rings (SSSR count). The topological polar surface area (TPSA) is 40.5 Å². The minimum absolute atomic E-state index is 0.364. The lowest BCUT2D eigenvalue weighted by atomic mass is 10.1. The van der Waals surface area contributed by atoms with Crippen LogP contribution >= 0.6 is 0 Å². The molecule has 0 aromatic heterocycles. The van der Waals surface area contributed by atoms with E-state index in [1.54, 1.807) is 18.2 Å². The van der Waals surface area contributed by atoms with Gasteiger partial charge in [0.15, 0.2) is 0 Å². The minimum Gasteiger partial charge on any atom is -0.478 e. The van der Waals surface area contributed by atoms with Crippen LogP contribution in [0.4, 0.5) is 0 Å². The lowest BCUT2D eigenvalue weighted by Crippen LogP contribution is -2.19. The Bertz CT molecular complexity index is 388. The van der Waals surface area contributed by atoms with Crippen LogP contribution in [0.25, 0.3) is 0 Å². The van der Waals surface area contributed by atoms with E-state index < -0.39 is 5.97 Å². The van der Waals surface area contributed by atoms with E-state index in [4.69, 9.17) is 5.11 Å². The summed E-state index contributed by atoms with van der Waals surface area (Å²) in [5.74, 6) is -0.118. The molecule has 0 aliphatic rings. The van der Waals surface area contributed by atoms with Gasteiger partial charge in [0.1, 0.15) is 0 Å². The average molecular weight is 249 g/mol. The summed E-state index contributed by atoms with van der Waals surface area (Å²) in [6, 6.07) is 7.16. The number of carboxylic acids is 1. The predicted molar refractivity (Wildman–Crippen MR) is 73.8 cm³/mol. The third kappa shape index (κ3) is 5.32. The zero-order valence-electron chi connectivity index (χ0n) is 11.5. The van der Waals surface area contributed by atoms with Crippen molar-refractivity contribution in [3.05, 3.63) is 35.4 Å². The molecular weight excluding hydrogens is 226 g/mol. The lowest BCUT2D eigenvalue weighted by Gasteiger charge is -2.17. The summed E-state index contributed by atoms with van der Waals surface area (Å²) >= 11 is 0. The molecule has 0 radical (unpaired) electrons. The van der Waals surface area contributed by atoms with Crippen molar-refractivity contribution in [2.24, 2.45) is 5.92 Å². The van der Waals surface area contributed by atoms with Gasteiger partial charge in [0.2, 0.25) is 0 Å². The molecule has 1 aromatic rings. The molecule has 18 heavy (non-hydrogen) atoms. The third-order valence-electron chi connectivity index (χ3n) is 2.95. The summed E-state index contributed by atoms with van der Waals surface area (Å²) in [5, 5.41) is 8.93. The number of rotatable bonds is 7.